The second kappa shape index (κ2) is 7.02. The highest BCUT2D eigenvalue weighted by molar-refractivity contribution is 7.80. The maximum atomic E-state index is 13.1. The van der Waals surface area contributed by atoms with Crippen LogP contribution in [0.2, 0.25) is 5.02 Å². The molecule has 2 aromatic carbocycles. The molecule has 1 aliphatic rings. The summed E-state index contributed by atoms with van der Waals surface area (Å²) in [4.78, 5) is 12.2. The molecule has 24 heavy (non-hydrogen) atoms. The van der Waals surface area contributed by atoms with Crippen LogP contribution in [-0.4, -0.2) is 24.2 Å². The lowest BCUT2D eigenvalue weighted by molar-refractivity contribution is 0.0976. The van der Waals surface area contributed by atoms with E-state index in [0.717, 1.165) is 0 Å². The van der Waals surface area contributed by atoms with Gasteiger partial charge in [-0.15, -0.1) is 0 Å². The van der Waals surface area contributed by atoms with Crippen LogP contribution in [0.25, 0.3) is 0 Å². The number of carbonyl (C=O) groups is 1. The molecule has 2 aromatic rings. The summed E-state index contributed by atoms with van der Waals surface area (Å²) in [5.74, 6) is 0.170. The summed E-state index contributed by atoms with van der Waals surface area (Å²) >= 11 is 10.8. The molecule has 0 spiro atoms. The predicted octanol–water partition coefficient (Wildman–Crippen LogP) is 3.38. The molecule has 0 aliphatic carbocycles. The van der Waals surface area contributed by atoms with Gasteiger partial charge in [0.2, 0.25) is 0 Å². The summed E-state index contributed by atoms with van der Waals surface area (Å²) < 4.78 is 24.0. The van der Waals surface area contributed by atoms with E-state index in [1.54, 1.807) is 18.2 Å². The van der Waals surface area contributed by atoms with E-state index in [1.807, 2.05) is 0 Å². The minimum Gasteiger partial charge on any atom is -0.486 e. The number of hydrogen-bond donors (Lipinski definition) is 2. The third-order valence-electron chi connectivity index (χ3n) is 3.21. The summed E-state index contributed by atoms with van der Waals surface area (Å²) in [6, 6.07) is 8.90. The van der Waals surface area contributed by atoms with Crippen molar-refractivity contribution in [1.82, 2.24) is 5.32 Å². The van der Waals surface area contributed by atoms with Gasteiger partial charge in [0.05, 0.1) is 5.02 Å². The summed E-state index contributed by atoms with van der Waals surface area (Å²) in [5, 5.41) is 5.33. The fraction of sp³-hybridized carbons (Fsp3) is 0.125. The lowest BCUT2D eigenvalue weighted by Gasteiger charge is -2.18. The molecule has 3 rings (SSSR count). The standard InChI is InChI=1S/C16H12ClFN2O3S/c17-11-8-10(2-3-12(11)18)19-16(24)20-15(21)9-1-4-13-14(7-9)23-6-5-22-13/h1-4,7-8H,5-6H2,(H2,19,20,21,24). The van der Waals surface area contributed by atoms with Gasteiger partial charge in [-0.2, -0.15) is 0 Å². The Morgan fingerprint density at radius 1 is 1.12 bits per heavy atom. The molecule has 0 atom stereocenters. The van der Waals surface area contributed by atoms with E-state index in [2.05, 4.69) is 10.6 Å². The molecule has 0 unspecified atom stereocenters. The number of nitrogens with one attached hydrogen (secondary N) is 2. The molecule has 0 radical (unpaired) electrons. The van der Waals surface area contributed by atoms with E-state index in [9.17, 15) is 9.18 Å². The van der Waals surface area contributed by atoms with Gasteiger partial charge in [-0.1, -0.05) is 11.6 Å². The molecule has 0 fully saturated rings. The molecule has 0 saturated carbocycles. The molecule has 2 N–H and O–H groups in total. The smallest absolute Gasteiger partial charge is 0.257 e. The molecule has 0 aromatic heterocycles. The van der Waals surface area contributed by atoms with Crippen molar-refractivity contribution in [2.45, 2.75) is 0 Å². The highest BCUT2D eigenvalue weighted by atomic mass is 35.5. The summed E-state index contributed by atoms with van der Waals surface area (Å²) in [5.41, 5.74) is 0.842. The quantitative estimate of drug-likeness (QED) is 0.798. The zero-order chi connectivity index (χ0) is 17.1. The number of benzene rings is 2. The Kier molecular flexibility index (Phi) is 4.82. The summed E-state index contributed by atoms with van der Waals surface area (Å²) in [6.07, 6.45) is 0. The van der Waals surface area contributed by atoms with Crippen molar-refractivity contribution in [1.29, 1.82) is 0 Å². The number of hydrogen-bond acceptors (Lipinski definition) is 4. The maximum absolute atomic E-state index is 13.1. The third kappa shape index (κ3) is 3.74. The van der Waals surface area contributed by atoms with Crippen LogP contribution < -0.4 is 20.1 Å². The molecule has 1 heterocycles. The number of anilines is 1. The van der Waals surface area contributed by atoms with Crippen molar-refractivity contribution in [3.63, 3.8) is 0 Å². The average molecular weight is 367 g/mol. The number of rotatable bonds is 2. The molecule has 5 nitrogen and oxygen atoms in total. The summed E-state index contributed by atoms with van der Waals surface area (Å²) in [6.45, 7) is 0.913. The first-order chi connectivity index (χ1) is 11.5. The number of amides is 1. The Balaban J connectivity index is 1.65. The largest absolute Gasteiger partial charge is 0.486 e. The van der Waals surface area contributed by atoms with Gasteiger partial charge in [0, 0.05) is 11.3 Å². The summed E-state index contributed by atoms with van der Waals surface area (Å²) in [7, 11) is 0. The number of carbonyl (C=O) groups excluding carboxylic acids is 1. The van der Waals surface area contributed by atoms with E-state index >= 15 is 0 Å². The fourth-order valence-electron chi connectivity index (χ4n) is 2.10. The number of fused-ring (bicyclic) bond motifs is 1. The molecule has 1 amide bonds. The van der Waals surface area contributed by atoms with E-state index < -0.39 is 11.7 Å². The van der Waals surface area contributed by atoms with Crippen molar-refractivity contribution in [3.8, 4) is 11.5 Å². The third-order valence-corrected chi connectivity index (χ3v) is 3.70. The zero-order valence-corrected chi connectivity index (χ0v) is 13.8. The maximum Gasteiger partial charge on any atom is 0.257 e. The van der Waals surface area contributed by atoms with Crippen LogP contribution >= 0.6 is 23.8 Å². The van der Waals surface area contributed by atoms with E-state index in [1.165, 1.54) is 18.2 Å². The molecule has 0 saturated heterocycles. The highest BCUT2D eigenvalue weighted by Gasteiger charge is 2.15. The second-order valence-electron chi connectivity index (χ2n) is 4.90. The normalized spacial score (nSPS) is 12.4. The SMILES string of the molecule is O=C(NC(=S)Nc1ccc(F)c(Cl)c1)c1ccc2c(c1)OCCO2. The first-order valence-electron chi connectivity index (χ1n) is 7.00. The Bertz CT molecular complexity index is 816. The van der Waals surface area contributed by atoms with Crippen LogP contribution in [-0.2, 0) is 0 Å². The Morgan fingerprint density at radius 3 is 2.62 bits per heavy atom. The average Bonchev–Trinajstić information content (AvgIpc) is 2.57. The number of halogens is 2. The van der Waals surface area contributed by atoms with Crippen molar-refractivity contribution >= 4 is 40.5 Å². The van der Waals surface area contributed by atoms with Gasteiger partial charge in [-0.25, -0.2) is 4.39 Å². The van der Waals surface area contributed by atoms with Crippen LogP contribution in [0, 0.1) is 5.82 Å². The van der Waals surface area contributed by atoms with Crippen molar-refractivity contribution in [3.05, 3.63) is 52.8 Å². The molecule has 0 bridgehead atoms. The first kappa shape index (κ1) is 16.5. The Hall–Kier alpha value is -2.38. The molecular weight excluding hydrogens is 355 g/mol. The van der Waals surface area contributed by atoms with Crippen molar-refractivity contribution in [2.24, 2.45) is 0 Å². The van der Waals surface area contributed by atoms with Gasteiger partial charge in [-0.3, -0.25) is 10.1 Å². The molecular formula is C16H12ClFN2O3S. The van der Waals surface area contributed by atoms with Gasteiger partial charge < -0.3 is 14.8 Å². The predicted molar refractivity (Wildman–Crippen MR) is 92.5 cm³/mol. The van der Waals surface area contributed by atoms with Crippen LogP contribution in [0.5, 0.6) is 11.5 Å². The molecule has 1 aliphatic heterocycles. The molecule has 8 heteroatoms. The zero-order valence-electron chi connectivity index (χ0n) is 12.3. The van der Waals surface area contributed by atoms with Crippen LogP contribution in [0.15, 0.2) is 36.4 Å². The van der Waals surface area contributed by atoms with Crippen molar-refractivity contribution < 1.29 is 18.7 Å². The van der Waals surface area contributed by atoms with Gasteiger partial charge in [0.15, 0.2) is 16.6 Å². The Labute approximate surface area is 147 Å². The number of ether oxygens (including phenoxy) is 2. The number of thiocarbonyl (C=S) groups is 1. The van der Waals surface area contributed by atoms with E-state index in [4.69, 9.17) is 33.3 Å². The monoisotopic (exact) mass is 366 g/mol. The lowest BCUT2D eigenvalue weighted by atomic mass is 10.2. The topological polar surface area (TPSA) is 59.6 Å². The minimum atomic E-state index is -0.534. The van der Waals surface area contributed by atoms with E-state index in [-0.39, 0.29) is 10.1 Å². The molecule has 124 valence electrons. The van der Waals surface area contributed by atoms with Crippen LogP contribution in [0.1, 0.15) is 10.4 Å². The van der Waals surface area contributed by atoms with Crippen LogP contribution in [0.3, 0.4) is 0 Å². The van der Waals surface area contributed by atoms with Gasteiger partial charge in [0.25, 0.3) is 5.91 Å². The van der Waals surface area contributed by atoms with Crippen molar-refractivity contribution in [2.75, 3.05) is 18.5 Å². The Morgan fingerprint density at radius 2 is 1.88 bits per heavy atom. The highest BCUT2D eigenvalue weighted by Crippen LogP contribution is 2.30. The van der Waals surface area contributed by atoms with Gasteiger partial charge in [0.1, 0.15) is 19.0 Å². The first-order valence-corrected chi connectivity index (χ1v) is 7.78. The second-order valence-corrected chi connectivity index (χ2v) is 5.71. The van der Waals surface area contributed by atoms with Gasteiger partial charge >= 0.3 is 0 Å². The van der Waals surface area contributed by atoms with Gasteiger partial charge in [-0.05, 0) is 48.6 Å². The fourth-order valence-corrected chi connectivity index (χ4v) is 2.49. The minimum absolute atomic E-state index is 0.0408. The van der Waals surface area contributed by atoms with E-state index in [0.29, 0.717) is 36.0 Å². The lowest BCUT2D eigenvalue weighted by Crippen LogP contribution is -2.34. The van der Waals surface area contributed by atoms with Crippen LogP contribution in [0.4, 0.5) is 10.1 Å².